The Kier molecular flexibility index (Phi) is 6.58. The minimum absolute atomic E-state index is 0.0403. The maximum absolute atomic E-state index is 12.1. The summed E-state index contributed by atoms with van der Waals surface area (Å²) in [5, 5.41) is 6.54. The maximum atomic E-state index is 12.1. The number of rotatable bonds is 8. The summed E-state index contributed by atoms with van der Waals surface area (Å²) >= 11 is 7.57. The van der Waals surface area contributed by atoms with Crippen LogP contribution in [0.15, 0.2) is 53.4 Å². The molecule has 0 atom stereocenters. The van der Waals surface area contributed by atoms with Crippen LogP contribution in [0.5, 0.6) is 0 Å². The lowest BCUT2D eigenvalue weighted by Gasteiger charge is -2.08. The molecule has 2 amide bonds. The second-order valence-electron chi connectivity index (χ2n) is 6.28. The Labute approximate surface area is 162 Å². The molecule has 0 radical (unpaired) electrons. The third-order valence-electron chi connectivity index (χ3n) is 3.95. The Balaban J connectivity index is 1.41. The van der Waals surface area contributed by atoms with Gasteiger partial charge in [-0.15, -0.1) is 11.8 Å². The SMILES string of the molecule is O=C(CCCSc1ccc(Cl)cc1)Nc1cccc(C(=O)NC2CC2)c1. The predicted molar refractivity (Wildman–Crippen MR) is 107 cm³/mol. The summed E-state index contributed by atoms with van der Waals surface area (Å²) < 4.78 is 0. The van der Waals surface area contributed by atoms with E-state index in [4.69, 9.17) is 11.6 Å². The maximum Gasteiger partial charge on any atom is 0.251 e. The molecule has 136 valence electrons. The van der Waals surface area contributed by atoms with E-state index in [0.717, 1.165) is 34.9 Å². The van der Waals surface area contributed by atoms with Crippen LogP contribution < -0.4 is 10.6 Å². The molecular formula is C20H21ClN2O2S. The minimum atomic E-state index is -0.0806. The molecule has 2 aromatic rings. The van der Waals surface area contributed by atoms with Crippen molar-refractivity contribution in [1.82, 2.24) is 5.32 Å². The van der Waals surface area contributed by atoms with Crippen LogP contribution in [-0.2, 0) is 4.79 Å². The number of thioether (sulfide) groups is 1. The molecule has 2 aromatic carbocycles. The molecule has 0 unspecified atom stereocenters. The van der Waals surface area contributed by atoms with Crippen LogP contribution in [-0.4, -0.2) is 23.6 Å². The molecule has 2 N–H and O–H groups in total. The zero-order chi connectivity index (χ0) is 18.4. The summed E-state index contributed by atoms with van der Waals surface area (Å²) in [6, 6.07) is 15.1. The zero-order valence-corrected chi connectivity index (χ0v) is 15.9. The normalized spacial score (nSPS) is 13.3. The van der Waals surface area contributed by atoms with Crippen LogP contribution in [0.4, 0.5) is 5.69 Å². The van der Waals surface area contributed by atoms with Crippen LogP contribution >= 0.6 is 23.4 Å². The zero-order valence-electron chi connectivity index (χ0n) is 14.3. The summed E-state index contributed by atoms with van der Waals surface area (Å²) in [6.07, 6.45) is 3.33. The van der Waals surface area contributed by atoms with Gasteiger partial charge in [-0.05, 0) is 67.5 Å². The first kappa shape index (κ1) is 18.8. The van der Waals surface area contributed by atoms with E-state index in [0.29, 0.717) is 23.7 Å². The standard InChI is InChI=1S/C20H21ClN2O2S/c21-15-6-10-18(11-7-15)26-12-2-5-19(24)22-17-4-1-3-14(13-17)20(25)23-16-8-9-16/h1,3-4,6-7,10-11,13,16H,2,5,8-9,12H2,(H,22,24)(H,23,25). The molecule has 6 heteroatoms. The van der Waals surface area contributed by atoms with E-state index < -0.39 is 0 Å². The Bertz CT molecular complexity index is 776. The van der Waals surface area contributed by atoms with E-state index >= 15 is 0 Å². The van der Waals surface area contributed by atoms with Crippen LogP contribution in [0, 0.1) is 0 Å². The molecule has 0 aromatic heterocycles. The van der Waals surface area contributed by atoms with Gasteiger partial charge in [-0.25, -0.2) is 0 Å². The molecule has 4 nitrogen and oxygen atoms in total. The molecule has 1 aliphatic rings. The van der Waals surface area contributed by atoms with Crippen molar-refractivity contribution < 1.29 is 9.59 Å². The van der Waals surface area contributed by atoms with Gasteiger partial charge in [0.2, 0.25) is 5.91 Å². The number of halogens is 1. The minimum Gasteiger partial charge on any atom is -0.349 e. The summed E-state index contributed by atoms with van der Waals surface area (Å²) in [5.74, 6) is 0.739. The summed E-state index contributed by atoms with van der Waals surface area (Å²) in [4.78, 5) is 25.3. The molecule has 1 saturated carbocycles. The van der Waals surface area contributed by atoms with Crippen LogP contribution in [0.25, 0.3) is 0 Å². The van der Waals surface area contributed by atoms with E-state index in [2.05, 4.69) is 10.6 Å². The average Bonchev–Trinajstić information content (AvgIpc) is 3.44. The fraction of sp³-hybridized carbons (Fsp3) is 0.300. The van der Waals surface area contributed by atoms with Crippen LogP contribution in [0.3, 0.4) is 0 Å². The highest BCUT2D eigenvalue weighted by Gasteiger charge is 2.23. The molecule has 26 heavy (non-hydrogen) atoms. The fourth-order valence-electron chi connectivity index (χ4n) is 2.41. The van der Waals surface area contributed by atoms with Crippen molar-refractivity contribution >= 4 is 40.9 Å². The number of amides is 2. The van der Waals surface area contributed by atoms with Gasteiger partial charge in [-0.3, -0.25) is 9.59 Å². The van der Waals surface area contributed by atoms with E-state index in [1.54, 1.807) is 36.0 Å². The Morgan fingerprint density at radius 1 is 1.12 bits per heavy atom. The topological polar surface area (TPSA) is 58.2 Å². The van der Waals surface area contributed by atoms with Crippen molar-refractivity contribution in [3.05, 3.63) is 59.1 Å². The highest BCUT2D eigenvalue weighted by atomic mass is 35.5. The second kappa shape index (κ2) is 9.10. The highest BCUT2D eigenvalue weighted by Crippen LogP contribution is 2.22. The lowest BCUT2D eigenvalue weighted by Crippen LogP contribution is -2.25. The van der Waals surface area contributed by atoms with E-state index in [-0.39, 0.29) is 11.8 Å². The number of nitrogens with one attached hydrogen (secondary N) is 2. The van der Waals surface area contributed by atoms with Crippen LogP contribution in [0.1, 0.15) is 36.0 Å². The molecule has 0 bridgehead atoms. The Morgan fingerprint density at radius 2 is 1.88 bits per heavy atom. The number of carbonyl (C=O) groups is 2. The summed E-state index contributed by atoms with van der Waals surface area (Å²) in [5.41, 5.74) is 1.23. The van der Waals surface area contributed by atoms with Gasteiger partial charge in [-0.1, -0.05) is 17.7 Å². The van der Waals surface area contributed by atoms with Gasteiger partial charge in [0.15, 0.2) is 0 Å². The number of hydrogen-bond acceptors (Lipinski definition) is 3. The predicted octanol–water partition coefficient (Wildman–Crippen LogP) is 4.74. The van der Waals surface area contributed by atoms with Gasteiger partial charge < -0.3 is 10.6 Å². The third kappa shape index (κ3) is 6.07. The number of hydrogen-bond donors (Lipinski definition) is 2. The monoisotopic (exact) mass is 388 g/mol. The molecular weight excluding hydrogens is 368 g/mol. The van der Waals surface area contributed by atoms with Crippen molar-refractivity contribution in [2.24, 2.45) is 0 Å². The second-order valence-corrected chi connectivity index (χ2v) is 7.89. The highest BCUT2D eigenvalue weighted by molar-refractivity contribution is 7.99. The smallest absolute Gasteiger partial charge is 0.251 e. The molecule has 1 fully saturated rings. The van der Waals surface area contributed by atoms with Gasteiger partial charge >= 0.3 is 0 Å². The number of carbonyl (C=O) groups excluding carboxylic acids is 2. The molecule has 0 saturated heterocycles. The Hall–Kier alpha value is -1.98. The third-order valence-corrected chi connectivity index (χ3v) is 5.30. The quantitative estimate of drug-likeness (QED) is 0.507. The lowest BCUT2D eigenvalue weighted by molar-refractivity contribution is -0.116. The largest absolute Gasteiger partial charge is 0.349 e. The first-order valence-electron chi connectivity index (χ1n) is 8.69. The fourth-order valence-corrected chi connectivity index (χ4v) is 3.39. The molecule has 0 heterocycles. The van der Waals surface area contributed by atoms with Crippen molar-refractivity contribution in [2.75, 3.05) is 11.1 Å². The first-order chi connectivity index (χ1) is 12.6. The van der Waals surface area contributed by atoms with Crippen molar-refractivity contribution in [1.29, 1.82) is 0 Å². The van der Waals surface area contributed by atoms with Crippen molar-refractivity contribution in [3.8, 4) is 0 Å². The van der Waals surface area contributed by atoms with Crippen molar-refractivity contribution in [2.45, 2.75) is 36.6 Å². The Morgan fingerprint density at radius 3 is 2.62 bits per heavy atom. The lowest BCUT2D eigenvalue weighted by atomic mass is 10.2. The molecule has 1 aliphatic carbocycles. The number of anilines is 1. The summed E-state index contributed by atoms with van der Waals surface area (Å²) in [7, 11) is 0. The molecule has 3 rings (SSSR count). The van der Waals surface area contributed by atoms with E-state index in [1.807, 2.05) is 24.3 Å². The summed E-state index contributed by atoms with van der Waals surface area (Å²) in [6.45, 7) is 0. The van der Waals surface area contributed by atoms with Gasteiger partial charge in [-0.2, -0.15) is 0 Å². The van der Waals surface area contributed by atoms with Gasteiger partial charge in [0.05, 0.1) is 0 Å². The van der Waals surface area contributed by atoms with Crippen LogP contribution in [0.2, 0.25) is 5.02 Å². The molecule has 0 aliphatic heterocycles. The van der Waals surface area contributed by atoms with Gasteiger partial charge in [0.25, 0.3) is 5.91 Å². The van der Waals surface area contributed by atoms with Crippen molar-refractivity contribution in [3.63, 3.8) is 0 Å². The average molecular weight is 389 g/mol. The van der Waals surface area contributed by atoms with Gasteiger partial charge in [0, 0.05) is 33.6 Å². The van der Waals surface area contributed by atoms with E-state index in [9.17, 15) is 9.59 Å². The van der Waals surface area contributed by atoms with Gasteiger partial charge in [0.1, 0.15) is 0 Å². The molecule has 0 spiro atoms. The first-order valence-corrected chi connectivity index (χ1v) is 10.1. The van der Waals surface area contributed by atoms with E-state index in [1.165, 1.54) is 0 Å². The number of benzene rings is 2.